The van der Waals surface area contributed by atoms with Crippen molar-refractivity contribution in [3.8, 4) is 0 Å². The summed E-state index contributed by atoms with van der Waals surface area (Å²) < 4.78 is 0. The number of anilines is 1. The van der Waals surface area contributed by atoms with Gasteiger partial charge in [0.2, 0.25) is 0 Å². The Morgan fingerprint density at radius 3 is 2.53 bits per heavy atom. The lowest BCUT2D eigenvalue weighted by molar-refractivity contribution is 0.491. The summed E-state index contributed by atoms with van der Waals surface area (Å²) in [5.41, 5.74) is 1.03. The van der Waals surface area contributed by atoms with E-state index in [9.17, 15) is 0 Å². The largest absolute Gasteiger partial charge is 0.365 e. The minimum absolute atomic E-state index is 0.0907. The Balaban J connectivity index is 2.27. The van der Waals surface area contributed by atoms with Gasteiger partial charge in [0, 0.05) is 17.5 Å². The molecule has 1 aliphatic rings. The number of rotatable bonds is 4. The summed E-state index contributed by atoms with van der Waals surface area (Å²) in [5.74, 6) is 2.44. The molecule has 0 unspecified atom stereocenters. The van der Waals surface area contributed by atoms with Gasteiger partial charge in [-0.15, -0.1) is 0 Å². The minimum atomic E-state index is 0.0907. The van der Waals surface area contributed by atoms with E-state index in [0.29, 0.717) is 5.15 Å². The van der Waals surface area contributed by atoms with Crippen LogP contribution in [0.5, 0.6) is 0 Å². The van der Waals surface area contributed by atoms with Crippen LogP contribution in [0.15, 0.2) is 0 Å². The molecule has 1 aromatic heterocycles. The van der Waals surface area contributed by atoms with Gasteiger partial charge in [-0.2, -0.15) is 0 Å². The highest BCUT2D eigenvalue weighted by Crippen LogP contribution is 2.41. The van der Waals surface area contributed by atoms with Gasteiger partial charge in [0.05, 0.1) is 0 Å². The molecule has 1 N–H and O–H groups in total. The lowest BCUT2D eigenvalue weighted by atomic mass is 9.98. The van der Waals surface area contributed by atoms with Crippen LogP contribution in [0.2, 0.25) is 5.15 Å². The zero-order valence-corrected chi connectivity index (χ0v) is 11.7. The second-order valence-corrected chi connectivity index (χ2v) is 5.74. The third-order valence-electron chi connectivity index (χ3n) is 3.49. The SMILES string of the molecule is CCc1nc(Cl)c(C)c(NC(C)(C)C2CC2)n1. The number of nitrogens with one attached hydrogen (secondary N) is 1. The molecule has 0 bridgehead atoms. The molecule has 1 fully saturated rings. The monoisotopic (exact) mass is 253 g/mol. The average molecular weight is 254 g/mol. The summed E-state index contributed by atoms with van der Waals surface area (Å²) in [6.45, 7) is 8.46. The number of aromatic nitrogens is 2. The normalized spacial score (nSPS) is 16.1. The molecule has 2 rings (SSSR count). The molecular weight excluding hydrogens is 234 g/mol. The van der Waals surface area contributed by atoms with Gasteiger partial charge in [-0.1, -0.05) is 18.5 Å². The van der Waals surface area contributed by atoms with Crippen molar-refractivity contribution in [3.63, 3.8) is 0 Å². The first-order chi connectivity index (χ1) is 7.94. The van der Waals surface area contributed by atoms with Crippen LogP contribution >= 0.6 is 11.6 Å². The molecule has 1 heterocycles. The Hall–Kier alpha value is -0.830. The summed E-state index contributed by atoms with van der Waals surface area (Å²) in [5, 5.41) is 4.09. The van der Waals surface area contributed by atoms with Crippen LogP contribution in [0.1, 0.15) is 45.0 Å². The third-order valence-corrected chi connectivity index (χ3v) is 3.86. The van der Waals surface area contributed by atoms with E-state index in [1.54, 1.807) is 0 Å². The van der Waals surface area contributed by atoms with E-state index in [2.05, 4.69) is 29.1 Å². The maximum Gasteiger partial charge on any atom is 0.137 e. The van der Waals surface area contributed by atoms with Crippen LogP contribution in [0, 0.1) is 12.8 Å². The molecule has 0 aliphatic heterocycles. The molecule has 0 saturated heterocycles. The van der Waals surface area contributed by atoms with Gasteiger partial charge in [-0.3, -0.25) is 0 Å². The zero-order valence-electron chi connectivity index (χ0n) is 11.0. The molecule has 0 amide bonds. The molecule has 0 spiro atoms. The molecule has 4 heteroatoms. The standard InChI is InChI=1S/C13H20ClN3/c1-5-10-15-11(14)8(2)12(16-10)17-13(3,4)9-6-7-9/h9H,5-7H2,1-4H3,(H,15,16,17). The van der Waals surface area contributed by atoms with Crippen molar-refractivity contribution in [1.29, 1.82) is 0 Å². The van der Waals surface area contributed by atoms with Crippen LogP contribution in [-0.4, -0.2) is 15.5 Å². The van der Waals surface area contributed by atoms with Crippen LogP contribution in [-0.2, 0) is 6.42 Å². The summed E-state index contributed by atoms with van der Waals surface area (Å²) in [7, 11) is 0. The topological polar surface area (TPSA) is 37.8 Å². The van der Waals surface area contributed by atoms with Gasteiger partial charge < -0.3 is 5.32 Å². The van der Waals surface area contributed by atoms with Crippen molar-refractivity contribution >= 4 is 17.4 Å². The summed E-state index contributed by atoms with van der Waals surface area (Å²) >= 11 is 6.13. The predicted octanol–water partition coefficient (Wildman–Crippen LogP) is 3.60. The zero-order chi connectivity index (χ0) is 12.6. The summed E-state index contributed by atoms with van der Waals surface area (Å²) in [6, 6.07) is 0. The van der Waals surface area contributed by atoms with Crippen molar-refractivity contribution in [2.45, 2.75) is 52.5 Å². The molecule has 94 valence electrons. The Kier molecular flexibility index (Phi) is 3.30. The Labute approximate surface area is 108 Å². The fourth-order valence-electron chi connectivity index (χ4n) is 2.02. The van der Waals surface area contributed by atoms with E-state index in [1.165, 1.54) is 12.8 Å². The van der Waals surface area contributed by atoms with Crippen molar-refractivity contribution in [2.75, 3.05) is 5.32 Å². The van der Waals surface area contributed by atoms with Gasteiger partial charge in [-0.25, -0.2) is 9.97 Å². The Bertz CT molecular complexity index is 425. The molecular formula is C13H20ClN3. The second-order valence-electron chi connectivity index (χ2n) is 5.38. The first-order valence-corrected chi connectivity index (χ1v) is 6.63. The number of hydrogen-bond acceptors (Lipinski definition) is 3. The van der Waals surface area contributed by atoms with Crippen LogP contribution in [0.3, 0.4) is 0 Å². The quantitative estimate of drug-likeness (QED) is 0.834. The number of hydrogen-bond donors (Lipinski definition) is 1. The van der Waals surface area contributed by atoms with Gasteiger partial charge >= 0.3 is 0 Å². The molecule has 0 atom stereocenters. The Morgan fingerprint density at radius 2 is 2.00 bits per heavy atom. The summed E-state index contributed by atoms with van der Waals surface area (Å²) in [4.78, 5) is 8.80. The number of aryl methyl sites for hydroxylation is 1. The van der Waals surface area contributed by atoms with Crippen molar-refractivity contribution in [2.24, 2.45) is 5.92 Å². The van der Waals surface area contributed by atoms with E-state index < -0.39 is 0 Å². The molecule has 1 saturated carbocycles. The molecule has 3 nitrogen and oxygen atoms in total. The van der Waals surface area contributed by atoms with Crippen molar-refractivity contribution < 1.29 is 0 Å². The molecule has 1 aromatic rings. The van der Waals surface area contributed by atoms with Crippen molar-refractivity contribution in [1.82, 2.24) is 9.97 Å². The highest BCUT2D eigenvalue weighted by atomic mass is 35.5. The molecule has 0 aromatic carbocycles. The third kappa shape index (κ3) is 2.71. The number of halogens is 1. The lowest BCUT2D eigenvalue weighted by Gasteiger charge is -2.28. The van der Waals surface area contributed by atoms with Gasteiger partial charge in [0.15, 0.2) is 0 Å². The summed E-state index contributed by atoms with van der Waals surface area (Å²) in [6.07, 6.45) is 3.41. The first kappa shape index (κ1) is 12.6. The Morgan fingerprint density at radius 1 is 1.35 bits per heavy atom. The first-order valence-electron chi connectivity index (χ1n) is 6.25. The van der Waals surface area contributed by atoms with E-state index in [0.717, 1.165) is 29.5 Å². The highest BCUT2D eigenvalue weighted by molar-refractivity contribution is 6.30. The van der Waals surface area contributed by atoms with Crippen LogP contribution < -0.4 is 5.32 Å². The van der Waals surface area contributed by atoms with E-state index in [1.807, 2.05) is 13.8 Å². The fraction of sp³-hybridized carbons (Fsp3) is 0.692. The van der Waals surface area contributed by atoms with Crippen molar-refractivity contribution in [3.05, 3.63) is 16.5 Å². The van der Waals surface area contributed by atoms with Gasteiger partial charge in [-0.05, 0) is 39.5 Å². The molecule has 1 aliphatic carbocycles. The van der Waals surface area contributed by atoms with Gasteiger partial charge in [0.25, 0.3) is 0 Å². The minimum Gasteiger partial charge on any atom is -0.365 e. The highest BCUT2D eigenvalue weighted by Gasteiger charge is 2.38. The average Bonchev–Trinajstić information content (AvgIpc) is 3.07. The smallest absolute Gasteiger partial charge is 0.137 e. The van der Waals surface area contributed by atoms with Gasteiger partial charge in [0.1, 0.15) is 16.8 Å². The van der Waals surface area contributed by atoms with Crippen LogP contribution in [0.25, 0.3) is 0 Å². The number of nitrogens with zero attached hydrogens (tertiary/aromatic N) is 2. The maximum absolute atomic E-state index is 6.13. The maximum atomic E-state index is 6.13. The lowest BCUT2D eigenvalue weighted by Crippen LogP contribution is -2.34. The second kappa shape index (κ2) is 4.45. The molecule has 17 heavy (non-hydrogen) atoms. The van der Waals surface area contributed by atoms with E-state index in [4.69, 9.17) is 11.6 Å². The fourth-order valence-corrected chi connectivity index (χ4v) is 2.21. The van der Waals surface area contributed by atoms with Crippen LogP contribution in [0.4, 0.5) is 5.82 Å². The predicted molar refractivity (Wildman–Crippen MR) is 71.6 cm³/mol. The van der Waals surface area contributed by atoms with E-state index >= 15 is 0 Å². The molecule has 0 radical (unpaired) electrons. The van der Waals surface area contributed by atoms with E-state index in [-0.39, 0.29) is 5.54 Å².